The standard InChI is InChI=1S/C21H18N4O2S2/c26-20-18(29-21(22-20)24-8-10-27-11-9-24)13-15-14-25(16-5-2-1-3-6-16)23-19(15)17-7-4-12-28-17/h1-7,12-14H,8-11H2/b18-13-. The molecule has 2 aromatic heterocycles. The van der Waals surface area contributed by atoms with E-state index >= 15 is 0 Å². The number of amides is 1. The Morgan fingerprint density at radius 3 is 2.66 bits per heavy atom. The van der Waals surface area contributed by atoms with E-state index in [2.05, 4.69) is 9.89 Å². The highest BCUT2D eigenvalue weighted by Gasteiger charge is 2.27. The van der Waals surface area contributed by atoms with E-state index in [1.807, 2.05) is 64.8 Å². The van der Waals surface area contributed by atoms with Gasteiger partial charge in [-0.25, -0.2) is 4.68 Å². The van der Waals surface area contributed by atoms with Crippen LogP contribution in [0.3, 0.4) is 0 Å². The van der Waals surface area contributed by atoms with E-state index in [9.17, 15) is 4.79 Å². The predicted octanol–water partition coefficient (Wildman–Crippen LogP) is 3.90. The summed E-state index contributed by atoms with van der Waals surface area (Å²) < 4.78 is 7.25. The molecular weight excluding hydrogens is 404 g/mol. The van der Waals surface area contributed by atoms with Crippen molar-refractivity contribution in [1.82, 2.24) is 14.7 Å². The van der Waals surface area contributed by atoms with Crippen LogP contribution in [-0.2, 0) is 9.53 Å². The Labute approximate surface area is 176 Å². The predicted molar refractivity (Wildman–Crippen MR) is 117 cm³/mol. The molecule has 1 saturated heterocycles. The highest BCUT2D eigenvalue weighted by Crippen LogP contribution is 2.34. The molecule has 0 saturated carbocycles. The summed E-state index contributed by atoms with van der Waals surface area (Å²) >= 11 is 3.06. The number of hydrogen-bond acceptors (Lipinski definition) is 6. The van der Waals surface area contributed by atoms with Gasteiger partial charge in [0.15, 0.2) is 5.17 Å². The van der Waals surface area contributed by atoms with Crippen molar-refractivity contribution in [2.75, 3.05) is 26.3 Å². The van der Waals surface area contributed by atoms with E-state index in [0.29, 0.717) is 18.1 Å². The summed E-state index contributed by atoms with van der Waals surface area (Å²) in [6.07, 6.45) is 3.88. The van der Waals surface area contributed by atoms with Gasteiger partial charge in [0.25, 0.3) is 5.91 Å². The van der Waals surface area contributed by atoms with Crippen LogP contribution in [0, 0.1) is 0 Å². The summed E-state index contributed by atoms with van der Waals surface area (Å²) in [6.45, 7) is 2.86. The van der Waals surface area contributed by atoms with Gasteiger partial charge < -0.3 is 9.64 Å². The number of aliphatic imine (C=N–C) groups is 1. The molecule has 2 aliphatic rings. The molecule has 0 N–H and O–H groups in total. The van der Waals surface area contributed by atoms with Crippen LogP contribution in [0.2, 0.25) is 0 Å². The minimum Gasteiger partial charge on any atom is -0.378 e. The second-order valence-corrected chi connectivity index (χ2v) is 8.56. The number of hydrogen-bond donors (Lipinski definition) is 0. The van der Waals surface area contributed by atoms with Gasteiger partial charge in [0.2, 0.25) is 0 Å². The van der Waals surface area contributed by atoms with Gasteiger partial charge in [-0.1, -0.05) is 24.3 Å². The van der Waals surface area contributed by atoms with Crippen LogP contribution < -0.4 is 0 Å². The summed E-state index contributed by atoms with van der Waals surface area (Å²) in [5.74, 6) is -0.193. The number of carbonyl (C=O) groups is 1. The third-order valence-electron chi connectivity index (χ3n) is 4.70. The minimum atomic E-state index is -0.193. The van der Waals surface area contributed by atoms with Gasteiger partial charge in [0.05, 0.1) is 28.7 Å². The fourth-order valence-corrected chi connectivity index (χ4v) is 4.93. The van der Waals surface area contributed by atoms with Crippen LogP contribution in [0.4, 0.5) is 0 Å². The molecule has 6 nitrogen and oxygen atoms in total. The molecular formula is C21H18N4O2S2. The Kier molecular flexibility index (Phi) is 5.05. The molecule has 146 valence electrons. The van der Waals surface area contributed by atoms with Crippen LogP contribution in [-0.4, -0.2) is 52.1 Å². The topological polar surface area (TPSA) is 59.7 Å². The lowest BCUT2D eigenvalue weighted by Gasteiger charge is -2.27. The zero-order valence-electron chi connectivity index (χ0n) is 15.5. The number of morpholine rings is 1. The van der Waals surface area contributed by atoms with Crippen LogP contribution >= 0.6 is 23.1 Å². The molecule has 1 fully saturated rings. The van der Waals surface area contributed by atoms with Gasteiger partial charge >= 0.3 is 0 Å². The third kappa shape index (κ3) is 3.78. The number of rotatable bonds is 3. The molecule has 0 unspecified atom stereocenters. The van der Waals surface area contributed by atoms with Gasteiger partial charge in [-0.3, -0.25) is 4.79 Å². The van der Waals surface area contributed by atoms with E-state index in [0.717, 1.165) is 40.1 Å². The van der Waals surface area contributed by atoms with Crippen LogP contribution in [0.25, 0.3) is 22.3 Å². The maximum absolute atomic E-state index is 12.5. The molecule has 1 amide bonds. The lowest BCUT2D eigenvalue weighted by molar-refractivity contribution is -0.113. The molecule has 1 aromatic carbocycles. The molecule has 0 atom stereocenters. The lowest BCUT2D eigenvalue weighted by Crippen LogP contribution is -2.38. The number of thioether (sulfide) groups is 1. The molecule has 8 heteroatoms. The summed E-state index contributed by atoms with van der Waals surface area (Å²) in [6, 6.07) is 14.0. The molecule has 4 heterocycles. The van der Waals surface area contributed by atoms with Gasteiger partial charge in [-0.05, 0) is 41.4 Å². The number of para-hydroxylation sites is 1. The molecule has 3 aromatic rings. The highest BCUT2D eigenvalue weighted by molar-refractivity contribution is 8.18. The Bertz CT molecular complexity index is 1080. The fraction of sp³-hybridized carbons (Fsp3) is 0.190. The van der Waals surface area contributed by atoms with E-state index in [4.69, 9.17) is 9.84 Å². The van der Waals surface area contributed by atoms with Gasteiger partial charge in [0, 0.05) is 24.8 Å². The average Bonchev–Trinajstić information content (AvgIpc) is 3.50. The SMILES string of the molecule is O=C1N=C(N2CCOCC2)S/C1=C\c1cn(-c2ccccc2)nc1-c1cccs1. The van der Waals surface area contributed by atoms with Crippen molar-refractivity contribution in [2.24, 2.45) is 4.99 Å². The number of aromatic nitrogens is 2. The zero-order chi connectivity index (χ0) is 19.6. The highest BCUT2D eigenvalue weighted by atomic mass is 32.2. The lowest BCUT2D eigenvalue weighted by atomic mass is 10.2. The largest absolute Gasteiger partial charge is 0.378 e. The third-order valence-corrected chi connectivity index (χ3v) is 6.62. The summed E-state index contributed by atoms with van der Waals surface area (Å²) in [4.78, 5) is 20.6. The Balaban J connectivity index is 1.49. The summed E-state index contributed by atoms with van der Waals surface area (Å²) in [7, 11) is 0. The number of thiophene rings is 1. The van der Waals surface area contributed by atoms with Gasteiger partial charge in [-0.2, -0.15) is 10.1 Å². The zero-order valence-corrected chi connectivity index (χ0v) is 17.2. The Morgan fingerprint density at radius 1 is 1.07 bits per heavy atom. The van der Waals surface area contributed by atoms with E-state index in [1.165, 1.54) is 11.8 Å². The first-order chi connectivity index (χ1) is 14.3. The fourth-order valence-electron chi connectivity index (χ4n) is 3.24. The second kappa shape index (κ2) is 7.98. The molecule has 29 heavy (non-hydrogen) atoms. The monoisotopic (exact) mass is 422 g/mol. The molecule has 5 rings (SSSR count). The summed E-state index contributed by atoms with van der Waals surface area (Å²) in [5, 5.41) is 7.59. The molecule has 0 aliphatic carbocycles. The van der Waals surface area contributed by atoms with Crippen molar-refractivity contribution < 1.29 is 9.53 Å². The van der Waals surface area contributed by atoms with Crippen molar-refractivity contribution in [3.8, 4) is 16.3 Å². The number of carbonyl (C=O) groups excluding carboxylic acids is 1. The first kappa shape index (κ1) is 18.4. The second-order valence-electron chi connectivity index (χ2n) is 6.60. The average molecular weight is 423 g/mol. The maximum atomic E-state index is 12.5. The summed E-state index contributed by atoms with van der Waals surface area (Å²) in [5.41, 5.74) is 2.75. The van der Waals surface area contributed by atoms with Crippen LogP contribution in [0.15, 0.2) is 63.9 Å². The first-order valence-corrected chi connectivity index (χ1v) is 11.0. The molecule has 0 spiro atoms. The molecule has 2 aliphatic heterocycles. The van der Waals surface area contributed by atoms with Crippen molar-refractivity contribution in [2.45, 2.75) is 0 Å². The number of nitrogens with zero attached hydrogens (tertiary/aromatic N) is 4. The normalized spacial score (nSPS) is 18.5. The van der Waals surface area contributed by atoms with E-state index < -0.39 is 0 Å². The van der Waals surface area contributed by atoms with Crippen LogP contribution in [0.1, 0.15) is 5.56 Å². The van der Waals surface area contributed by atoms with Crippen LogP contribution in [0.5, 0.6) is 0 Å². The number of amidine groups is 1. The van der Waals surface area contributed by atoms with Crippen molar-refractivity contribution in [1.29, 1.82) is 0 Å². The molecule has 0 radical (unpaired) electrons. The number of ether oxygens (including phenoxy) is 1. The van der Waals surface area contributed by atoms with Crippen molar-refractivity contribution in [3.63, 3.8) is 0 Å². The van der Waals surface area contributed by atoms with E-state index in [-0.39, 0.29) is 5.91 Å². The molecule has 0 bridgehead atoms. The quantitative estimate of drug-likeness (QED) is 0.599. The van der Waals surface area contributed by atoms with Crippen molar-refractivity contribution >= 4 is 40.2 Å². The maximum Gasteiger partial charge on any atom is 0.286 e. The first-order valence-electron chi connectivity index (χ1n) is 9.32. The van der Waals surface area contributed by atoms with Gasteiger partial charge in [-0.15, -0.1) is 11.3 Å². The minimum absolute atomic E-state index is 0.193. The van der Waals surface area contributed by atoms with Gasteiger partial charge in [0.1, 0.15) is 5.69 Å². The smallest absolute Gasteiger partial charge is 0.286 e. The van der Waals surface area contributed by atoms with Crippen molar-refractivity contribution in [3.05, 3.63) is 64.5 Å². The van der Waals surface area contributed by atoms with E-state index in [1.54, 1.807) is 11.3 Å². The number of benzene rings is 1. The Hall–Kier alpha value is -2.68. The Morgan fingerprint density at radius 2 is 1.90 bits per heavy atom.